The molecule has 0 amide bonds. The summed E-state index contributed by atoms with van der Waals surface area (Å²) in [5.41, 5.74) is 1.54. The van der Waals surface area contributed by atoms with Crippen molar-refractivity contribution in [2.24, 2.45) is 0 Å². The van der Waals surface area contributed by atoms with Crippen molar-refractivity contribution in [1.29, 1.82) is 0 Å². The third kappa shape index (κ3) is 4.25. The standard InChI is InChI=1S/C19H22ClFN2O/c1-2-23-10-8-14(9-11-23)18-4-3-5-19(22-18)24-13-15-6-7-16(20)12-17(15)21/h3-7,12,14H,2,8-11,13H2,1H3. The number of hydrogen-bond donors (Lipinski definition) is 0. The first kappa shape index (κ1) is 17.2. The highest BCUT2D eigenvalue weighted by atomic mass is 35.5. The second-order valence-electron chi connectivity index (χ2n) is 6.13. The predicted molar refractivity (Wildman–Crippen MR) is 94.1 cm³/mol. The van der Waals surface area contributed by atoms with Crippen molar-refractivity contribution in [3.63, 3.8) is 0 Å². The minimum Gasteiger partial charge on any atom is -0.473 e. The van der Waals surface area contributed by atoms with Crippen LogP contribution in [0.15, 0.2) is 36.4 Å². The SMILES string of the molecule is CCN1CCC(c2cccc(OCc3ccc(Cl)cc3F)n2)CC1. The number of nitrogens with zero attached hydrogens (tertiary/aromatic N) is 2. The number of halogens is 2. The van der Waals surface area contributed by atoms with E-state index in [9.17, 15) is 4.39 Å². The average Bonchev–Trinajstić information content (AvgIpc) is 2.61. The second-order valence-corrected chi connectivity index (χ2v) is 6.57. The summed E-state index contributed by atoms with van der Waals surface area (Å²) in [6.45, 7) is 5.68. The molecule has 1 aromatic heterocycles. The summed E-state index contributed by atoms with van der Waals surface area (Å²) in [6, 6.07) is 10.4. The van der Waals surface area contributed by atoms with Gasteiger partial charge in [-0.25, -0.2) is 9.37 Å². The fourth-order valence-corrected chi connectivity index (χ4v) is 3.23. The zero-order chi connectivity index (χ0) is 16.9. The van der Waals surface area contributed by atoms with Crippen molar-refractivity contribution in [2.75, 3.05) is 19.6 Å². The van der Waals surface area contributed by atoms with Crippen molar-refractivity contribution < 1.29 is 9.13 Å². The fraction of sp³-hybridized carbons (Fsp3) is 0.421. The predicted octanol–water partition coefficient (Wildman–Crippen LogP) is 4.65. The van der Waals surface area contributed by atoms with Crippen molar-refractivity contribution in [1.82, 2.24) is 9.88 Å². The first-order valence-corrected chi connectivity index (χ1v) is 8.79. The molecule has 2 aromatic rings. The van der Waals surface area contributed by atoms with Crippen LogP contribution >= 0.6 is 11.6 Å². The van der Waals surface area contributed by atoms with E-state index in [2.05, 4.69) is 22.9 Å². The summed E-state index contributed by atoms with van der Waals surface area (Å²) in [7, 11) is 0. The molecule has 0 atom stereocenters. The summed E-state index contributed by atoms with van der Waals surface area (Å²) in [5, 5.41) is 0.384. The highest BCUT2D eigenvalue weighted by molar-refractivity contribution is 6.30. The molecular formula is C19H22ClFN2O. The molecule has 5 heteroatoms. The number of benzene rings is 1. The Hall–Kier alpha value is -1.65. The molecule has 3 nitrogen and oxygen atoms in total. The van der Waals surface area contributed by atoms with Gasteiger partial charge < -0.3 is 9.64 Å². The second kappa shape index (κ2) is 7.95. The lowest BCUT2D eigenvalue weighted by atomic mass is 9.93. The normalized spacial score (nSPS) is 16.3. The van der Waals surface area contributed by atoms with Gasteiger partial charge in [-0.2, -0.15) is 0 Å². The Morgan fingerprint density at radius 3 is 2.75 bits per heavy atom. The summed E-state index contributed by atoms with van der Waals surface area (Å²) < 4.78 is 19.5. The number of ether oxygens (including phenoxy) is 1. The monoisotopic (exact) mass is 348 g/mol. The summed E-state index contributed by atoms with van der Waals surface area (Å²) in [4.78, 5) is 7.08. The molecule has 0 unspecified atom stereocenters. The van der Waals surface area contributed by atoms with Crippen LogP contribution in [0.1, 0.15) is 36.9 Å². The topological polar surface area (TPSA) is 25.4 Å². The molecule has 1 saturated heterocycles. The Labute approximate surface area is 147 Å². The van der Waals surface area contributed by atoms with Crippen LogP contribution in [0, 0.1) is 5.82 Å². The van der Waals surface area contributed by atoms with Crippen LogP contribution in [0.25, 0.3) is 0 Å². The lowest BCUT2D eigenvalue weighted by Crippen LogP contribution is -2.32. The zero-order valence-electron chi connectivity index (χ0n) is 13.8. The van der Waals surface area contributed by atoms with E-state index in [0.717, 1.165) is 38.2 Å². The molecule has 0 bridgehead atoms. The van der Waals surface area contributed by atoms with E-state index in [1.165, 1.54) is 6.07 Å². The molecule has 128 valence electrons. The molecule has 1 fully saturated rings. The van der Waals surface area contributed by atoms with Crippen LogP contribution in [0.2, 0.25) is 5.02 Å². The van der Waals surface area contributed by atoms with Gasteiger partial charge in [-0.15, -0.1) is 0 Å². The van der Waals surface area contributed by atoms with E-state index in [1.54, 1.807) is 12.1 Å². The Bertz CT molecular complexity index is 687. The average molecular weight is 349 g/mol. The maximum Gasteiger partial charge on any atom is 0.213 e. The van der Waals surface area contributed by atoms with Gasteiger partial charge >= 0.3 is 0 Å². The molecule has 1 aromatic carbocycles. The number of piperidine rings is 1. The van der Waals surface area contributed by atoms with Crippen molar-refractivity contribution >= 4 is 11.6 Å². The summed E-state index contributed by atoms with van der Waals surface area (Å²) >= 11 is 5.77. The largest absolute Gasteiger partial charge is 0.473 e. The van der Waals surface area contributed by atoms with Crippen molar-refractivity contribution in [2.45, 2.75) is 32.3 Å². The first-order valence-electron chi connectivity index (χ1n) is 8.41. The molecule has 3 rings (SSSR count). The van der Waals surface area contributed by atoms with Gasteiger partial charge in [0.05, 0.1) is 0 Å². The molecule has 2 heterocycles. The van der Waals surface area contributed by atoms with E-state index in [1.807, 2.05) is 12.1 Å². The van der Waals surface area contributed by atoms with Gasteiger partial charge in [0.2, 0.25) is 5.88 Å². The van der Waals surface area contributed by atoms with Crippen LogP contribution in [0.3, 0.4) is 0 Å². The molecule has 24 heavy (non-hydrogen) atoms. The fourth-order valence-electron chi connectivity index (χ4n) is 3.07. The Morgan fingerprint density at radius 1 is 1.25 bits per heavy atom. The quantitative estimate of drug-likeness (QED) is 0.786. The smallest absolute Gasteiger partial charge is 0.213 e. The molecule has 0 saturated carbocycles. The Balaban J connectivity index is 1.63. The van der Waals surface area contributed by atoms with Gasteiger partial charge in [-0.3, -0.25) is 0 Å². The molecule has 0 N–H and O–H groups in total. The van der Waals surface area contributed by atoms with Crippen molar-refractivity contribution in [3.05, 3.63) is 58.5 Å². The van der Waals surface area contributed by atoms with E-state index in [4.69, 9.17) is 16.3 Å². The lowest BCUT2D eigenvalue weighted by Gasteiger charge is -2.30. The maximum absolute atomic E-state index is 13.8. The van der Waals surface area contributed by atoms with Crippen LogP contribution in [-0.2, 0) is 6.61 Å². The highest BCUT2D eigenvalue weighted by Gasteiger charge is 2.20. The molecule has 0 radical (unpaired) electrons. The van der Waals surface area contributed by atoms with Gasteiger partial charge in [-0.1, -0.05) is 30.7 Å². The van der Waals surface area contributed by atoms with E-state index >= 15 is 0 Å². The third-order valence-electron chi connectivity index (χ3n) is 4.59. The lowest BCUT2D eigenvalue weighted by molar-refractivity contribution is 0.219. The third-order valence-corrected chi connectivity index (χ3v) is 4.82. The number of aromatic nitrogens is 1. The molecule has 0 aliphatic carbocycles. The Kier molecular flexibility index (Phi) is 5.69. The van der Waals surface area contributed by atoms with Crippen molar-refractivity contribution in [3.8, 4) is 5.88 Å². The van der Waals surface area contributed by atoms with Crippen LogP contribution in [0.4, 0.5) is 4.39 Å². The van der Waals surface area contributed by atoms with Gasteiger partial charge in [-0.05, 0) is 50.7 Å². The number of pyridine rings is 1. The zero-order valence-corrected chi connectivity index (χ0v) is 14.6. The van der Waals surface area contributed by atoms with Crippen LogP contribution < -0.4 is 4.74 Å². The van der Waals surface area contributed by atoms with Gasteiger partial charge in [0, 0.05) is 28.3 Å². The Morgan fingerprint density at radius 2 is 2.04 bits per heavy atom. The highest BCUT2D eigenvalue weighted by Crippen LogP contribution is 2.28. The number of hydrogen-bond acceptors (Lipinski definition) is 3. The molecule has 0 spiro atoms. The van der Waals surface area contributed by atoms with E-state index in [-0.39, 0.29) is 12.4 Å². The van der Waals surface area contributed by atoms with Gasteiger partial charge in [0.25, 0.3) is 0 Å². The minimum atomic E-state index is -0.356. The number of likely N-dealkylation sites (tertiary alicyclic amines) is 1. The molecule has 1 aliphatic rings. The van der Waals surface area contributed by atoms with E-state index in [0.29, 0.717) is 22.4 Å². The first-order chi connectivity index (χ1) is 11.7. The summed E-state index contributed by atoms with van der Waals surface area (Å²) in [5.74, 6) is 0.661. The number of rotatable bonds is 5. The van der Waals surface area contributed by atoms with Crippen LogP contribution in [-0.4, -0.2) is 29.5 Å². The van der Waals surface area contributed by atoms with Gasteiger partial charge in [0.15, 0.2) is 0 Å². The maximum atomic E-state index is 13.8. The summed E-state index contributed by atoms with van der Waals surface area (Å²) in [6.07, 6.45) is 2.24. The molecule has 1 aliphatic heterocycles. The minimum absolute atomic E-state index is 0.147. The van der Waals surface area contributed by atoms with E-state index < -0.39 is 0 Å². The molecular weight excluding hydrogens is 327 g/mol. The van der Waals surface area contributed by atoms with Gasteiger partial charge in [0.1, 0.15) is 12.4 Å². The van der Waals surface area contributed by atoms with Crippen LogP contribution in [0.5, 0.6) is 5.88 Å².